The van der Waals surface area contributed by atoms with Gasteiger partial charge in [-0.2, -0.15) is 0 Å². The summed E-state index contributed by atoms with van der Waals surface area (Å²) in [6.07, 6.45) is 1.38. The van der Waals surface area contributed by atoms with Gasteiger partial charge in [0.15, 0.2) is 5.43 Å². The van der Waals surface area contributed by atoms with Crippen molar-refractivity contribution in [1.29, 1.82) is 0 Å². The fourth-order valence-corrected chi connectivity index (χ4v) is 3.85. The lowest BCUT2D eigenvalue weighted by molar-refractivity contribution is 0.466. The zero-order valence-electron chi connectivity index (χ0n) is 16.1. The molecule has 5 nitrogen and oxygen atoms in total. The highest BCUT2D eigenvalue weighted by Gasteiger charge is 2.17. The Kier molecular flexibility index (Phi) is 4.60. The third-order valence-electron chi connectivity index (χ3n) is 5.24. The number of aromatic hydroxyl groups is 1. The second-order valence-corrected chi connectivity index (χ2v) is 7.64. The molecule has 5 aromatic rings. The molecule has 0 bridgehead atoms. The lowest BCUT2D eigenvalue weighted by Crippen LogP contribution is -2.10. The number of benzene rings is 3. The van der Waals surface area contributed by atoms with Gasteiger partial charge in [-0.05, 0) is 42.0 Å². The van der Waals surface area contributed by atoms with E-state index in [1.165, 1.54) is 12.3 Å². The van der Waals surface area contributed by atoms with E-state index in [-0.39, 0.29) is 23.2 Å². The first-order valence-corrected chi connectivity index (χ1v) is 9.93. The highest BCUT2D eigenvalue weighted by atomic mass is 35.5. The normalized spacial score (nSPS) is 11.3. The lowest BCUT2D eigenvalue weighted by atomic mass is 10.00. The Labute approximate surface area is 180 Å². The molecule has 0 unspecified atom stereocenters. The molecule has 0 saturated heterocycles. The van der Waals surface area contributed by atoms with Crippen molar-refractivity contribution in [2.75, 3.05) is 0 Å². The fraction of sp³-hybridized carbons (Fsp3) is 0.0400. The van der Waals surface area contributed by atoms with Gasteiger partial charge in [0.05, 0.1) is 17.2 Å². The van der Waals surface area contributed by atoms with Crippen LogP contribution >= 0.6 is 11.6 Å². The maximum atomic E-state index is 12.9. The molecule has 0 atom stereocenters. The third kappa shape index (κ3) is 3.39. The molecule has 0 aliphatic carbocycles. The summed E-state index contributed by atoms with van der Waals surface area (Å²) in [5.41, 5.74) is 1.67. The van der Waals surface area contributed by atoms with Crippen molar-refractivity contribution >= 4 is 33.5 Å². The Morgan fingerprint density at radius 2 is 1.74 bits per heavy atom. The van der Waals surface area contributed by atoms with E-state index in [1.807, 2.05) is 30.3 Å². The zero-order valence-corrected chi connectivity index (χ0v) is 16.8. The van der Waals surface area contributed by atoms with Crippen LogP contribution in [-0.4, -0.2) is 5.11 Å². The second kappa shape index (κ2) is 7.45. The average molecular weight is 431 g/mol. The van der Waals surface area contributed by atoms with Crippen LogP contribution in [0.15, 0.2) is 91.4 Å². The number of phenols is 1. The van der Waals surface area contributed by atoms with Crippen LogP contribution in [-0.2, 0) is 6.42 Å². The number of hydrogen-bond donors (Lipinski definition) is 1. The van der Waals surface area contributed by atoms with E-state index < -0.39 is 5.63 Å². The van der Waals surface area contributed by atoms with Crippen LogP contribution in [0.25, 0.3) is 33.1 Å². The molecule has 152 valence electrons. The van der Waals surface area contributed by atoms with E-state index in [1.54, 1.807) is 30.3 Å². The molecule has 0 aliphatic heterocycles. The molecule has 0 aliphatic rings. The van der Waals surface area contributed by atoms with E-state index in [0.717, 1.165) is 5.56 Å². The van der Waals surface area contributed by atoms with Gasteiger partial charge in [0.2, 0.25) is 0 Å². The minimum absolute atomic E-state index is 0.0293. The van der Waals surface area contributed by atoms with Crippen LogP contribution in [0.3, 0.4) is 0 Å². The topological polar surface area (TPSA) is 80.7 Å². The largest absolute Gasteiger partial charge is 0.508 e. The number of phenolic OH excluding ortho intramolecular Hbond substituents is 1. The third-order valence-corrected chi connectivity index (χ3v) is 5.47. The summed E-state index contributed by atoms with van der Waals surface area (Å²) in [5, 5.41) is 11.9. The first-order chi connectivity index (χ1) is 15.0. The van der Waals surface area contributed by atoms with E-state index in [4.69, 9.17) is 20.4 Å². The molecule has 0 saturated carbocycles. The maximum Gasteiger partial charge on any atom is 0.344 e. The van der Waals surface area contributed by atoms with Crippen molar-refractivity contribution in [3.8, 4) is 16.9 Å². The van der Waals surface area contributed by atoms with Gasteiger partial charge in [0, 0.05) is 28.0 Å². The minimum atomic E-state index is -0.525. The molecular formula is C25H15ClO5. The Bertz CT molecular complexity index is 1570. The van der Waals surface area contributed by atoms with E-state index in [9.17, 15) is 14.7 Å². The van der Waals surface area contributed by atoms with Gasteiger partial charge >= 0.3 is 5.63 Å². The fourth-order valence-electron chi connectivity index (χ4n) is 3.68. The molecule has 31 heavy (non-hydrogen) atoms. The number of rotatable bonds is 3. The van der Waals surface area contributed by atoms with Gasteiger partial charge in [0.25, 0.3) is 0 Å². The van der Waals surface area contributed by atoms with Crippen LogP contribution < -0.4 is 11.1 Å². The molecule has 2 aromatic heterocycles. The van der Waals surface area contributed by atoms with Crippen molar-refractivity contribution < 1.29 is 13.9 Å². The van der Waals surface area contributed by atoms with Crippen LogP contribution in [0, 0.1) is 0 Å². The van der Waals surface area contributed by atoms with Gasteiger partial charge in [0.1, 0.15) is 16.9 Å². The highest BCUT2D eigenvalue weighted by molar-refractivity contribution is 6.31. The average Bonchev–Trinajstić information content (AvgIpc) is 2.78. The maximum absolute atomic E-state index is 12.9. The number of halogens is 1. The van der Waals surface area contributed by atoms with Crippen LogP contribution in [0.5, 0.6) is 5.75 Å². The van der Waals surface area contributed by atoms with Crippen molar-refractivity contribution in [1.82, 2.24) is 0 Å². The quantitative estimate of drug-likeness (QED) is 0.381. The predicted octanol–water partition coefficient (Wildman–Crippen LogP) is 5.52. The molecule has 3 aromatic carbocycles. The van der Waals surface area contributed by atoms with Crippen LogP contribution in [0.2, 0.25) is 5.02 Å². The summed E-state index contributed by atoms with van der Waals surface area (Å²) in [5.74, 6) is -0.0753. The summed E-state index contributed by atoms with van der Waals surface area (Å²) in [6, 6.07) is 18.9. The van der Waals surface area contributed by atoms with Gasteiger partial charge in [-0.3, -0.25) is 4.79 Å². The number of hydrogen-bond acceptors (Lipinski definition) is 5. The van der Waals surface area contributed by atoms with Crippen molar-refractivity contribution in [2.24, 2.45) is 0 Å². The molecule has 1 N–H and O–H groups in total. The molecule has 2 heterocycles. The van der Waals surface area contributed by atoms with E-state index in [0.29, 0.717) is 38.1 Å². The van der Waals surface area contributed by atoms with Crippen LogP contribution in [0.1, 0.15) is 11.1 Å². The minimum Gasteiger partial charge on any atom is -0.508 e. The molecule has 0 fully saturated rings. The molecule has 0 amide bonds. The lowest BCUT2D eigenvalue weighted by Gasteiger charge is -2.09. The smallest absolute Gasteiger partial charge is 0.344 e. The first-order valence-electron chi connectivity index (χ1n) is 9.55. The molecular weight excluding hydrogens is 416 g/mol. The second-order valence-electron chi connectivity index (χ2n) is 7.20. The summed E-state index contributed by atoms with van der Waals surface area (Å²) < 4.78 is 11.2. The van der Waals surface area contributed by atoms with Gasteiger partial charge in [-0.1, -0.05) is 41.9 Å². The first kappa shape index (κ1) is 19.2. The van der Waals surface area contributed by atoms with E-state index in [2.05, 4.69) is 0 Å². The van der Waals surface area contributed by atoms with E-state index >= 15 is 0 Å². The standard InChI is InChI=1S/C25H15ClO5/c26-17-7-9-22-20(12-17)23(28)16(13-30-22)11-19-21(27)8-6-15-10-18(25(29)31-24(15)19)14-4-2-1-3-5-14/h1-10,12-13,27H,11H2. The Balaban J connectivity index is 1.67. The molecule has 6 heteroatoms. The number of fused-ring (bicyclic) bond motifs is 2. The summed E-state index contributed by atoms with van der Waals surface area (Å²) in [6.45, 7) is 0. The Hall–Kier alpha value is -3.83. The monoisotopic (exact) mass is 430 g/mol. The zero-order chi connectivity index (χ0) is 21.5. The Morgan fingerprint density at radius 3 is 2.55 bits per heavy atom. The summed E-state index contributed by atoms with van der Waals surface area (Å²) in [7, 11) is 0. The van der Waals surface area contributed by atoms with Gasteiger partial charge in [-0.15, -0.1) is 0 Å². The van der Waals surface area contributed by atoms with Crippen LogP contribution in [0.4, 0.5) is 0 Å². The van der Waals surface area contributed by atoms with Gasteiger partial charge in [-0.25, -0.2) is 4.79 Å². The highest BCUT2D eigenvalue weighted by Crippen LogP contribution is 2.31. The van der Waals surface area contributed by atoms with Crippen molar-refractivity contribution in [3.05, 3.63) is 110 Å². The van der Waals surface area contributed by atoms with Crippen molar-refractivity contribution in [3.63, 3.8) is 0 Å². The molecule has 0 radical (unpaired) electrons. The van der Waals surface area contributed by atoms with Gasteiger partial charge < -0.3 is 13.9 Å². The predicted molar refractivity (Wildman–Crippen MR) is 120 cm³/mol. The molecule has 0 spiro atoms. The Morgan fingerprint density at radius 1 is 0.935 bits per heavy atom. The summed E-state index contributed by atoms with van der Waals surface area (Å²) in [4.78, 5) is 25.6. The molecule has 5 rings (SSSR count). The SMILES string of the molecule is O=c1oc2c(Cc3coc4ccc(Cl)cc4c3=O)c(O)ccc2cc1-c1ccccc1. The summed E-state index contributed by atoms with van der Waals surface area (Å²) >= 11 is 6.02. The van der Waals surface area contributed by atoms with Crippen molar-refractivity contribution in [2.45, 2.75) is 6.42 Å².